The predicted molar refractivity (Wildman–Crippen MR) is 100 cm³/mol. The molecule has 2 nitrogen and oxygen atoms in total. The Morgan fingerprint density at radius 3 is 2.57 bits per heavy atom. The second kappa shape index (κ2) is 5.01. The smallest absolute Gasteiger partial charge is 0.179 e. The molecule has 1 atom stereocenters. The van der Waals surface area contributed by atoms with Gasteiger partial charge in [0, 0.05) is 25.8 Å². The monoisotopic (exact) mass is 451 g/mol. The zero-order valence-corrected chi connectivity index (χ0v) is 16.0. The maximum atomic E-state index is 6.80. The highest BCUT2D eigenvalue weighted by molar-refractivity contribution is 9.10. The number of rotatable bonds is 1. The Hall–Kier alpha value is -0.970. The zero-order chi connectivity index (χ0) is 15.7. The summed E-state index contributed by atoms with van der Waals surface area (Å²) in [6, 6.07) is 12.4. The van der Waals surface area contributed by atoms with Crippen LogP contribution >= 0.6 is 43.5 Å². The SMILES string of the molecule is Clc1c2n(c3ccc(Br)cc13)C(C1CC1)Oc1cc(Br)ccc1-2. The molecule has 1 aromatic heterocycles. The Morgan fingerprint density at radius 2 is 1.78 bits per heavy atom. The van der Waals surface area contributed by atoms with E-state index in [-0.39, 0.29) is 6.23 Å². The Bertz CT molecular complexity index is 961. The highest BCUT2D eigenvalue weighted by Gasteiger charge is 2.40. The Labute approximate surface area is 155 Å². The van der Waals surface area contributed by atoms with Gasteiger partial charge in [-0.2, -0.15) is 0 Å². The fourth-order valence-electron chi connectivity index (χ4n) is 3.42. The van der Waals surface area contributed by atoms with E-state index in [0.29, 0.717) is 5.92 Å². The Morgan fingerprint density at radius 1 is 1.04 bits per heavy atom. The second-order valence-electron chi connectivity index (χ2n) is 6.18. The highest BCUT2D eigenvalue weighted by atomic mass is 79.9. The lowest BCUT2D eigenvalue weighted by molar-refractivity contribution is 0.108. The maximum absolute atomic E-state index is 6.80. The van der Waals surface area contributed by atoms with E-state index in [4.69, 9.17) is 16.3 Å². The van der Waals surface area contributed by atoms with E-state index in [0.717, 1.165) is 41.9 Å². The second-order valence-corrected chi connectivity index (χ2v) is 8.39. The fraction of sp³-hybridized carbons (Fsp3) is 0.222. The number of halogens is 3. The molecular weight excluding hydrogens is 441 g/mol. The molecular formula is C18H12Br2ClNO. The molecule has 23 heavy (non-hydrogen) atoms. The molecule has 2 aromatic carbocycles. The molecule has 0 amide bonds. The number of fused-ring (bicyclic) bond motifs is 5. The van der Waals surface area contributed by atoms with Crippen molar-refractivity contribution in [1.29, 1.82) is 0 Å². The first-order valence-corrected chi connectivity index (χ1v) is 9.55. The Balaban J connectivity index is 1.88. The van der Waals surface area contributed by atoms with E-state index in [1.165, 1.54) is 12.8 Å². The fourth-order valence-corrected chi connectivity index (χ4v) is 4.47. The van der Waals surface area contributed by atoms with Crippen LogP contribution in [0.2, 0.25) is 5.02 Å². The molecule has 5 rings (SSSR count). The minimum Gasteiger partial charge on any atom is -0.469 e. The molecule has 1 fully saturated rings. The maximum Gasteiger partial charge on any atom is 0.179 e. The van der Waals surface area contributed by atoms with Gasteiger partial charge < -0.3 is 9.30 Å². The average molecular weight is 454 g/mol. The van der Waals surface area contributed by atoms with Crippen molar-refractivity contribution in [1.82, 2.24) is 4.57 Å². The molecule has 1 saturated carbocycles. The van der Waals surface area contributed by atoms with Crippen LogP contribution in [0.15, 0.2) is 45.3 Å². The number of aromatic nitrogens is 1. The van der Waals surface area contributed by atoms with Gasteiger partial charge in [-0.25, -0.2) is 0 Å². The van der Waals surface area contributed by atoms with Crippen LogP contribution in [0.1, 0.15) is 19.1 Å². The minimum absolute atomic E-state index is 0.0305. The molecule has 1 aliphatic heterocycles. The third-order valence-electron chi connectivity index (χ3n) is 4.63. The standard InChI is InChI=1S/C18H12Br2ClNO/c19-10-4-6-14-13(7-10)16(21)17-12-5-3-11(20)8-15(12)23-18(22(14)17)9-1-2-9/h3-9,18H,1-2H2. The van der Waals surface area contributed by atoms with Crippen LogP contribution in [-0.2, 0) is 0 Å². The predicted octanol–water partition coefficient (Wildman–Crippen LogP) is 6.79. The summed E-state index contributed by atoms with van der Waals surface area (Å²) in [5.41, 5.74) is 3.27. The summed E-state index contributed by atoms with van der Waals surface area (Å²) < 4.78 is 10.7. The first kappa shape index (κ1) is 14.4. The number of benzene rings is 2. The van der Waals surface area contributed by atoms with Crippen molar-refractivity contribution in [3.63, 3.8) is 0 Å². The van der Waals surface area contributed by atoms with Gasteiger partial charge in [-0.15, -0.1) is 0 Å². The average Bonchev–Trinajstić information content (AvgIpc) is 3.33. The summed E-state index contributed by atoms with van der Waals surface area (Å²) >= 11 is 13.9. The van der Waals surface area contributed by atoms with Crippen LogP contribution in [0.4, 0.5) is 0 Å². The lowest BCUT2D eigenvalue weighted by Gasteiger charge is -2.30. The third-order valence-corrected chi connectivity index (χ3v) is 6.00. The van der Waals surface area contributed by atoms with Gasteiger partial charge in [-0.1, -0.05) is 43.5 Å². The summed E-state index contributed by atoms with van der Waals surface area (Å²) in [5, 5.41) is 1.87. The summed E-state index contributed by atoms with van der Waals surface area (Å²) in [5.74, 6) is 1.48. The topological polar surface area (TPSA) is 14.2 Å². The molecule has 0 N–H and O–H groups in total. The normalized spacial score (nSPS) is 19.3. The van der Waals surface area contributed by atoms with Crippen molar-refractivity contribution in [3.8, 4) is 17.0 Å². The molecule has 0 radical (unpaired) electrons. The molecule has 0 saturated heterocycles. The molecule has 1 unspecified atom stereocenters. The number of hydrogen-bond acceptors (Lipinski definition) is 1. The van der Waals surface area contributed by atoms with Crippen LogP contribution in [0.5, 0.6) is 5.75 Å². The van der Waals surface area contributed by atoms with Crippen molar-refractivity contribution in [2.24, 2.45) is 5.92 Å². The van der Waals surface area contributed by atoms with Gasteiger partial charge in [-0.05, 0) is 49.2 Å². The van der Waals surface area contributed by atoms with E-state index in [1.54, 1.807) is 0 Å². The van der Waals surface area contributed by atoms with Gasteiger partial charge in [0.2, 0.25) is 0 Å². The molecule has 116 valence electrons. The number of nitrogens with zero attached hydrogens (tertiary/aromatic N) is 1. The first-order valence-electron chi connectivity index (χ1n) is 7.59. The largest absolute Gasteiger partial charge is 0.469 e. The molecule has 2 aliphatic rings. The number of ether oxygens (including phenoxy) is 1. The zero-order valence-electron chi connectivity index (χ0n) is 12.0. The lowest BCUT2D eigenvalue weighted by Crippen LogP contribution is -2.22. The Kier molecular flexibility index (Phi) is 3.13. The third kappa shape index (κ3) is 2.11. The summed E-state index contributed by atoms with van der Waals surface area (Å²) in [6.45, 7) is 0. The highest BCUT2D eigenvalue weighted by Crippen LogP contribution is 2.53. The van der Waals surface area contributed by atoms with E-state index < -0.39 is 0 Å². The van der Waals surface area contributed by atoms with E-state index >= 15 is 0 Å². The molecule has 2 heterocycles. The van der Waals surface area contributed by atoms with Crippen LogP contribution < -0.4 is 4.74 Å². The lowest BCUT2D eigenvalue weighted by atomic mass is 10.1. The summed E-state index contributed by atoms with van der Waals surface area (Å²) in [7, 11) is 0. The van der Waals surface area contributed by atoms with Crippen LogP contribution in [0.3, 0.4) is 0 Å². The molecule has 3 aromatic rings. The summed E-state index contributed by atoms with van der Waals surface area (Å²) in [4.78, 5) is 0. The van der Waals surface area contributed by atoms with Crippen molar-refractivity contribution < 1.29 is 4.74 Å². The van der Waals surface area contributed by atoms with Crippen molar-refractivity contribution >= 4 is 54.4 Å². The van der Waals surface area contributed by atoms with Crippen molar-refractivity contribution in [3.05, 3.63) is 50.4 Å². The molecule has 5 heteroatoms. The van der Waals surface area contributed by atoms with E-state index in [9.17, 15) is 0 Å². The van der Waals surface area contributed by atoms with E-state index in [2.05, 4.69) is 60.7 Å². The van der Waals surface area contributed by atoms with Crippen molar-refractivity contribution in [2.45, 2.75) is 19.1 Å². The number of hydrogen-bond donors (Lipinski definition) is 0. The van der Waals surface area contributed by atoms with Gasteiger partial charge in [0.1, 0.15) is 5.75 Å². The van der Waals surface area contributed by atoms with Crippen LogP contribution in [0, 0.1) is 5.92 Å². The van der Waals surface area contributed by atoms with Gasteiger partial charge in [0.25, 0.3) is 0 Å². The molecule has 1 aliphatic carbocycles. The van der Waals surface area contributed by atoms with Crippen LogP contribution in [-0.4, -0.2) is 4.57 Å². The first-order chi connectivity index (χ1) is 11.1. The van der Waals surface area contributed by atoms with Gasteiger partial charge in [-0.3, -0.25) is 0 Å². The van der Waals surface area contributed by atoms with Gasteiger partial charge in [0.15, 0.2) is 6.23 Å². The van der Waals surface area contributed by atoms with Gasteiger partial charge >= 0.3 is 0 Å². The van der Waals surface area contributed by atoms with Crippen molar-refractivity contribution in [2.75, 3.05) is 0 Å². The van der Waals surface area contributed by atoms with Gasteiger partial charge in [0.05, 0.1) is 16.2 Å². The van der Waals surface area contributed by atoms with Crippen LogP contribution in [0.25, 0.3) is 22.2 Å². The molecule has 0 spiro atoms. The molecule has 0 bridgehead atoms. The van der Waals surface area contributed by atoms with E-state index in [1.807, 2.05) is 12.1 Å². The minimum atomic E-state index is 0.0305. The summed E-state index contributed by atoms with van der Waals surface area (Å²) in [6.07, 6.45) is 2.45. The quantitative estimate of drug-likeness (QED) is 0.396.